The van der Waals surface area contributed by atoms with Crippen LogP contribution in [0, 0.1) is 0 Å². The molecule has 2 rings (SSSR count). The first-order valence-electron chi connectivity index (χ1n) is 8.48. The molecule has 1 aromatic carbocycles. The van der Waals surface area contributed by atoms with Gasteiger partial charge in [0.15, 0.2) is 0 Å². The molecule has 1 heterocycles. The molecule has 0 saturated heterocycles. The molecule has 29 heavy (non-hydrogen) atoms. The Balaban J connectivity index is 2.46. The first kappa shape index (κ1) is 23.7. The molecule has 0 spiro atoms. The van der Waals surface area contributed by atoms with Crippen molar-refractivity contribution in [3.05, 3.63) is 48.8 Å². The van der Waals surface area contributed by atoms with E-state index in [0.29, 0.717) is 25.1 Å². The van der Waals surface area contributed by atoms with Gasteiger partial charge >= 0.3 is 12.2 Å². The molecule has 0 aliphatic heterocycles. The molecule has 0 saturated carbocycles. The molecule has 11 heteroatoms. The normalized spacial score (nSPS) is 13.4. The number of aromatic nitrogens is 1. The van der Waals surface area contributed by atoms with Gasteiger partial charge in [-0.1, -0.05) is 23.2 Å². The number of amides is 2. The lowest BCUT2D eigenvalue weighted by Crippen LogP contribution is -2.48. The second-order valence-electron chi connectivity index (χ2n) is 7.09. The maximum absolute atomic E-state index is 12.4. The van der Waals surface area contributed by atoms with Crippen molar-refractivity contribution in [1.29, 1.82) is 0 Å². The number of thiazole rings is 1. The molecule has 7 nitrogen and oxygen atoms in total. The molecule has 2 amide bonds. The average Bonchev–Trinajstić information content (AvgIpc) is 3.09. The number of benzene rings is 1. The Hall–Kier alpha value is -1.55. The topological polar surface area (TPSA) is 101 Å². The summed E-state index contributed by atoms with van der Waals surface area (Å²) < 4.78 is 5.92. The summed E-state index contributed by atoms with van der Waals surface area (Å²) in [5, 5.41) is 17.3. The summed E-state index contributed by atoms with van der Waals surface area (Å²) in [6.07, 6.45) is -0.251. The number of halogens is 3. The van der Waals surface area contributed by atoms with Crippen LogP contribution < -0.4 is 10.6 Å². The second kappa shape index (κ2) is 9.97. The van der Waals surface area contributed by atoms with Crippen molar-refractivity contribution in [2.24, 2.45) is 0 Å². The highest BCUT2D eigenvalue weighted by atomic mass is 79.9. The van der Waals surface area contributed by atoms with E-state index >= 15 is 0 Å². The molecule has 1 unspecified atom stereocenters. The predicted molar refractivity (Wildman–Crippen MR) is 117 cm³/mol. The van der Waals surface area contributed by atoms with E-state index in [2.05, 4.69) is 31.5 Å². The minimum absolute atomic E-state index is 0.0727. The Kier molecular flexibility index (Phi) is 8.16. The van der Waals surface area contributed by atoms with Gasteiger partial charge in [0.2, 0.25) is 0 Å². The van der Waals surface area contributed by atoms with Crippen LogP contribution in [0.4, 0.5) is 9.59 Å². The van der Waals surface area contributed by atoms with E-state index in [9.17, 15) is 9.59 Å². The molecule has 3 N–H and O–H groups in total. The van der Waals surface area contributed by atoms with Crippen LogP contribution in [0.5, 0.6) is 0 Å². The van der Waals surface area contributed by atoms with Crippen LogP contribution in [0.1, 0.15) is 37.3 Å². The van der Waals surface area contributed by atoms with Crippen LogP contribution in [0.2, 0.25) is 10.0 Å². The molecular formula is C18H20BrCl2N3O4S. The Bertz CT molecular complexity index is 851. The lowest BCUT2D eigenvalue weighted by atomic mass is 9.91. The van der Waals surface area contributed by atoms with Crippen LogP contribution >= 0.6 is 50.5 Å². The van der Waals surface area contributed by atoms with Crippen molar-refractivity contribution in [1.82, 2.24) is 15.6 Å². The smallest absolute Gasteiger partial charge is 0.407 e. The zero-order valence-electron chi connectivity index (χ0n) is 15.8. The number of carbonyl (C=O) groups excluding carboxylic acids is 1. The number of nitrogens with one attached hydrogen (secondary N) is 2. The summed E-state index contributed by atoms with van der Waals surface area (Å²) in [5.74, 6) is -0.500. The number of nitrogens with zero attached hydrogens (tertiary/aromatic N) is 1. The Morgan fingerprint density at radius 2 is 2.03 bits per heavy atom. The minimum Gasteiger partial charge on any atom is -0.465 e. The van der Waals surface area contributed by atoms with E-state index in [1.54, 1.807) is 44.5 Å². The van der Waals surface area contributed by atoms with Crippen molar-refractivity contribution in [2.45, 2.75) is 38.3 Å². The van der Waals surface area contributed by atoms with Crippen LogP contribution in [0.15, 0.2) is 28.2 Å². The van der Waals surface area contributed by atoms with E-state index in [1.807, 2.05) is 0 Å². The minimum atomic E-state index is -1.21. The Morgan fingerprint density at radius 1 is 1.34 bits per heavy atom. The summed E-state index contributed by atoms with van der Waals surface area (Å²) >= 11 is 17.1. The third kappa shape index (κ3) is 7.02. The van der Waals surface area contributed by atoms with Gasteiger partial charge in [-0.2, -0.15) is 0 Å². The monoisotopic (exact) mass is 523 g/mol. The SMILES string of the molecule is CC(C)(C)OC(=O)N[C@H](CNC(=O)O)C(c1cc(Cl)c(Cl)c(Br)c1)c1nccs1. The van der Waals surface area contributed by atoms with Crippen LogP contribution in [-0.4, -0.2) is 40.5 Å². The maximum atomic E-state index is 12.4. The van der Waals surface area contributed by atoms with Gasteiger partial charge in [-0.3, -0.25) is 0 Å². The first-order valence-corrected chi connectivity index (χ1v) is 10.9. The van der Waals surface area contributed by atoms with Gasteiger partial charge in [-0.15, -0.1) is 11.3 Å². The van der Waals surface area contributed by atoms with E-state index in [4.69, 9.17) is 33.0 Å². The summed E-state index contributed by atoms with van der Waals surface area (Å²) in [7, 11) is 0. The van der Waals surface area contributed by atoms with E-state index in [1.165, 1.54) is 11.3 Å². The summed E-state index contributed by atoms with van der Waals surface area (Å²) in [5.41, 5.74) is -0.00696. The van der Waals surface area contributed by atoms with Gasteiger partial charge in [0, 0.05) is 22.6 Å². The number of alkyl carbamates (subject to hydrolysis) is 1. The van der Waals surface area contributed by atoms with Gasteiger partial charge in [0.05, 0.1) is 22.0 Å². The molecule has 1 aromatic heterocycles. The molecule has 0 fully saturated rings. The summed E-state index contributed by atoms with van der Waals surface area (Å²) in [6, 6.07) is 2.74. The summed E-state index contributed by atoms with van der Waals surface area (Å²) in [6.45, 7) is 5.15. The number of rotatable bonds is 6. The number of hydrogen-bond acceptors (Lipinski definition) is 5. The second-order valence-corrected chi connectivity index (χ2v) is 9.65. The number of hydrogen-bond donors (Lipinski definition) is 3. The number of carboxylic acid groups (broad SMARTS) is 1. The van der Waals surface area contributed by atoms with Gasteiger partial charge < -0.3 is 20.5 Å². The van der Waals surface area contributed by atoms with Crippen LogP contribution in [0.25, 0.3) is 0 Å². The molecule has 158 valence electrons. The van der Waals surface area contributed by atoms with Crippen molar-refractivity contribution in [3.63, 3.8) is 0 Å². The quantitative estimate of drug-likeness (QED) is 0.433. The third-order valence-corrected chi connectivity index (χ3v) is 6.17. The summed E-state index contributed by atoms with van der Waals surface area (Å²) in [4.78, 5) is 27.9. The van der Waals surface area contributed by atoms with Crippen LogP contribution in [-0.2, 0) is 4.74 Å². The highest BCUT2D eigenvalue weighted by molar-refractivity contribution is 9.10. The molecular weight excluding hydrogens is 505 g/mol. The Morgan fingerprint density at radius 3 is 2.55 bits per heavy atom. The zero-order chi connectivity index (χ0) is 21.8. The average molecular weight is 525 g/mol. The van der Waals surface area contributed by atoms with E-state index < -0.39 is 29.7 Å². The van der Waals surface area contributed by atoms with Crippen molar-refractivity contribution < 1.29 is 19.4 Å². The van der Waals surface area contributed by atoms with Crippen molar-refractivity contribution in [3.8, 4) is 0 Å². The highest BCUT2D eigenvalue weighted by Gasteiger charge is 2.31. The maximum Gasteiger partial charge on any atom is 0.407 e. The Labute approximate surface area is 190 Å². The van der Waals surface area contributed by atoms with Gasteiger partial charge in [-0.25, -0.2) is 14.6 Å². The predicted octanol–water partition coefficient (Wildman–Crippen LogP) is 5.51. The van der Waals surface area contributed by atoms with E-state index in [-0.39, 0.29) is 6.54 Å². The highest BCUT2D eigenvalue weighted by Crippen LogP contribution is 2.37. The lowest BCUT2D eigenvalue weighted by molar-refractivity contribution is 0.0498. The van der Waals surface area contributed by atoms with Gasteiger partial charge in [0.1, 0.15) is 10.6 Å². The fraction of sp³-hybridized carbons (Fsp3) is 0.389. The lowest BCUT2D eigenvalue weighted by Gasteiger charge is -2.29. The van der Waals surface area contributed by atoms with Gasteiger partial charge in [0.25, 0.3) is 0 Å². The van der Waals surface area contributed by atoms with Crippen LogP contribution in [0.3, 0.4) is 0 Å². The first-order chi connectivity index (χ1) is 13.5. The standard InChI is InChI=1S/C18H20BrCl2N3O4S/c1-18(2,3)28-17(27)24-12(8-23-16(25)26)13(15-22-4-5-29-15)9-6-10(19)14(21)11(20)7-9/h4-7,12-13,23H,8H2,1-3H3,(H,24,27)(H,25,26)/t12-,13?/m1/s1. The third-order valence-electron chi connectivity index (χ3n) is 3.66. The largest absolute Gasteiger partial charge is 0.465 e. The number of carbonyl (C=O) groups is 2. The number of ether oxygens (including phenoxy) is 1. The van der Waals surface area contributed by atoms with Crippen molar-refractivity contribution >= 4 is 62.7 Å². The molecule has 0 aliphatic rings. The molecule has 0 radical (unpaired) electrons. The fourth-order valence-electron chi connectivity index (χ4n) is 2.60. The molecule has 0 aliphatic carbocycles. The van der Waals surface area contributed by atoms with Crippen molar-refractivity contribution in [2.75, 3.05) is 6.54 Å². The van der Waals surface area contributed by atoms with E-state index in [0.717, 1.165) is 0 Å². The van der Waals surface area contributed by atoms with Gasteiger partial charge in [-0.05, 0) is 54.4 Å². The molecule has 2 aromatic rings. The zero-order valence-corrected chi connectivity index (χ0v) is 19.7. The fourth-order valence-corrected chi connectivity index (χ4v) is 4.36. The molecule has 2 atom stereocenters. The molecule has 0 bridgehead atoms.